The van der Waals surface area contributed by atoms with Crippen LogP contribution in [0.5, 0.6) is 0 Å². The van der Waals surface area contributed by atoms with Gasteiger partial charge in [-0.1, -0.05) is 13.8 Å². The van der Waals surface area contributed by atoms with E-state index in [0.29, 0.717) is 17.2 Å². The van der Waals surface area contributed by atoms with Gasteiger partial charge in [0.1, 0.15) is 11.8 Å². The van der Waals surface area contributed by atoms with Gasteiger partial charge in [-0.05, 0) is 24.5 Å². The molecule has 1 aromatic rings. The van der Waals surface area contributed by atoms with E-state index in [1.54, 1.807) is 24.1 Å². The van der Waals surface area contributed by atoms with Crippen LogP contribution in [-0.2, 0) is 0 Å². The molecule has 4 heteroatoms. The number of aromatic nitrogens is 1. The quantitative estimate of drug-likeness (QED) is 0.797. The zero-order valence-electron chi connectivity index (χ0n) is 10.5. The molecular weight excluding hydrogens is 214 g/mol. The zero-order valence-corrected chi connectivity index (χ0v) is 10.5. The van der Waals surface area contributed by atoms with Gasteiger partial charge in [0.15, 0.2) is 0 Å². The highest BCUT2D eigenvalue weighted by molar-refractivity contribution is 5.92. The predicted octanol–water partition coefficient (Wildman–Crippen LogP) is 2.07. The maximum atomic E-state index is 11.9. The van der Waals surface area contributed by atoms with Crippen LogP contribution in [0.1, 0.15) is 36.3 Å². The van der Waals surface area contributed by atoms with Gasteiger partial charge in [-0.3, -0.25) is 4.79 Å². The fraction of sp³-hybridized carbons (Fsp3) is 0.462. The monoisotopic (exact) mass is 231 g/mol. The SMILES string of the molecule is CC(C)CCN(C)C(=O)c1ccc(C#N)cn1. The van der Waals surface area contributed by atoms with Crippen LogP contribution in [0, 0.1) is 17.2 Å². The molecule has 0 aliphatic carbocycles. The summed E-state index contributed by atoms with van der Waals surface area (Å²) in [4.78, 5) is 17.6. The molecule has 0 bridgehead atoms. The lowest BCUT2D eigenvalue weighted by atomic mass is 10.1. The van der Waals surface area contributed by atoms with Crippen molar-refractivity contribution in [1.29, 1.82) is 5.26 Å². The Morgan fingerprint density at radius 3 is 2.71 bits per heavy atom. The van der Waals surface area contributed by atoms with E-state index in [1.807, 2.05) is 6.07 Å². The molecule has 0 unspecified atom stereocenters. The summed E-state index contributed by atoms with van der Waals surface area (Å²) >= 11 is 0. The van der Waals surface area contributed by atoms with E-state index < -0.39 is 0 Å². The topological polar surface area (TPSA) is 57.0 Å². The summed E-state index contributed by atoms with van der Waals surface area (Å²) in [5, 5.41) is 8.64. The molecule has 0 radical (unpaired) electrons. The van der Waals surface area contributed by atoms with Gasteiger partial charge in [-0.15, -0.1) is 0 Å². The molecule has 0 saturated carbocycles. The Hall–Kier alpha value is -1.89. The number of carbonyl (C=O) groups is 1. The van der Waals surface area contributed by atoms with Crippen LogP contribution in [0.3, 0.4) is 0 Å². The average Bonchev–Trinajstić information content (AvgIpc) is 2.35. The molecular formula is C13H17N3O. The smallest absolute Gasteiger partial charge is 0.272 e. The van der Waals surface area contributed by atoms with Gasteiger partial charge in [0.05, 0.1) is 5.56 Å². The average molecular weight is 231 g/mol. The molecule has 0 N–H and O–H groups in total. The van der Waals surface area contributed by atoms with Gasteiger partial charge in [-0.2, -0.15) is 5.26 Å². The van der Waals surface area contributed by atoms with Crippen LogP contribution < -0.4 is 0 Å². The number of nitriles is 1. The number of nitrogens with zero attached hydrogens (tertiary/aromatic N) is 3. The summed E-state index contributed by atoms with van der Waals surface area (Å²) in [5.41, 5.74) is 0.849. The Morgan fingerprint density at radius 2 is 2.24 bits per heavy atom. The Bertz CT molecular complexity index is 417. The molecule has 1 heterocycles. The largest absolute Gasteiger partial charge is 0.340 e. The highest BCUT2D eigenvalue weighted by Gasteiger charge is 2.12. The summed E-state index contributed by atoms with van der Waals surface area (Å²) in [7, 11) is 1.77. The summed E-state index contributed by atoms with van der Waals surface area (Å²) in [6.45, 7) is 4.97. The number of pyridine rings is 1. The first kappa shape index (κ1) is 13.2. The molecule has 90 valence electrons. The van der Waals surface area contributed by atoms with Gasteiger partial charge in [0.2, 0.25) is 0 Å². The second-order valence-corrected chi connectivity index (χ2v) is 4.45. The molecule has 0 aliphatic rings. The van der Waals surface area contributed by atoms with Crippen LogP contribution in [-0.4, -0.2) is 29.4 Å². The third kappa shape index (κ3) is 3.87. The molecule has 1 amide bonds. The molecule has 0 atom stereocenters. The van der Waals surface area contributed by atoms with Crippen LogP contribution in [0.25, 0.3) is 0 Å². The van der Waals surface area contributed by atoms with Crippen molar-refractivity contribution in [2.24, 2.45) is 5.92 Å². The van der Waals surface area contributed by atoms with E-state index >= 15 is 0 Å². The van der Waals surface area contributed by atoms with Gasteiger partial charge >= 0.3 is 0 Å². The van der Waals surface area contributed by atoms with E-state index in [9.17, 15) is 4.79 Å². The molecule has 0 saturated heterocycles. The van der Waals surface area contributed by atoms with Gasteiger partial charge < -0.3 is 4.90 Å². The molecule has 17 heavy (non-hydrogen) atoms. The molecule has 0 spiro atoms. The van der Waals surface area contributed by atoms with Crippen LogP contribution in [0.15, 0.2) is 18.3 Å². The van der Waals surface area contributed by atoms with Crippen molar-refractivity contribution in [1.82, 2.24) is 9.88 Å². The maximum absolute atomic E-state index is 11.9. The van der Waals surface area contributed by atoms with Crippen LogP contribution in [0.2, 0.25) is 0 Å². The van der Waals surface area contributed by atoms with Crippen LogP contribution in [0.4, 0.5) is 0 Å². The summed E-state index contributed by atoms with van der Waals surface area (Å²) in [5.74, 6) is 0.467. The van der Waals surface area contributed by atoms with Crippen molar-refractivity contribution in [2.45, 2.75) is 20.3 Å². The molecule has 0 aliphatic heterocycles. The maximum Gasteiger partial charge on any atom is 0.272 e. The zero-order chi connectivity index (χ0) is 12.8. The Kier molecular flexibility index (Phi) is 4.65. The second-order valence-electron chi connectivity index (χ2n) is 4.45. The normalized spacial score (nSPS) is 10.1. The minimum absolute atomic E-state index is 0.102. The predicted molar refractivity (Wildman–Crippen MR) is 65.4 cm³/mol. The van der Waals surface area contributed by atoms with Gasteiger partial charge in [-0.25, -0.2) is 4.98 Å². The highest BCUT2D eigenvalue weighted by atomic mass is 16.2. The van der Waals surface area contributed by atoms with Crippen molar-refractivity contribution in [3.05, 3.63) is 29.6 Å². The summed E-state index contributed by atoms with van der Waals surface area (Å²) in [6, 6.07) is 5.17. The Balaban J connectivity index is 2.65. The van der Waals surface area contributed by atoms with Crippen molar-refractivity contribution >= 4 is 5.91 Å². The van der Waals surface area contributed by atoms with Crippen LogP contribution >= 0.6 is 0 Å². The molecule has 1 aromatic heterocycles. The Labute approximate surface area is 102 Å². The van der Waals surface area contributed by atoms with Crippen molar-refractivity contribution in [3.63, 3.8) is 0 Å². The highest BCUT2D eigenvalue weighted by Crippen LogP contribution is 2.05. The summed E-state index contributed by atoms with van der Waals surface area (Å²) < 4.78 is 0. The van der Waals surface area contributed by atoms with E-state index in [1.165, 1.54) is 6.20 Å². The first-order valence-electron chi connectivity index (χ1n) is 5.66. The minimum Gasteiger partial charge on any atom is -0.340 e. The second kappa shape index (κ2) is 6.00. The fourth-order valence-corrected chi connectivity index (χ4v) is 1.34. The van der Waals surface area contributed by atoms with E-state index in [4.69, 9.17) is 5.26 Å². The summed E-state index contributed by atoms with van der Waals surface area (Å²) in [6.07, 6.45) is 2.39. The van der Waals surface area contributed by atoms with E-state index in [0.717, 1.165) is 13.0 Å². The van der Waals surface area contributed by atoms with E-state index in [-0.39, 0.29) is 5.91 Å². The van der Waals surface area contributed by atoms with Crippen molar-refractivity contribution in [3.8, 4) is 6.07 Å². The molecule has 1 rings (SSSR count). The number of rotatable bonds is 4. The third-order valence-corrected chi connectivity index (χ3v) is 2.50. The third-order valence-electron chi connectivity index (χ3n) is 2.50. The van der Waals surface area contributed by atoms with E-state index in [2.05, 4.69) is 18.8 Å². The number of amides is 1. The standard InChI is InChI=1S/C13H17N3O/c1-10(2)6-7-16(3)13(17)12-5-4-11(8-14)9-15-12/h4-5,9-10H,6-7H2,1-3H3. The molecule has 0 fully saturated rings. The number of carbonyl (C=O) groups excluding carboxylic acids is 1. The lowest BCUT2D eigenvalue weighted by Crippen LogP contribution is -2.29. The molecule has 0 aromatic carbocycles. The first-order chi connectivity index (χ1) is 8.04. The first-order valence-corrected chi connectivity index (χ1v) is 5.66. The lowest BCUT2D eigenvalue weighted by Gasteiger charge is -2.17. The van der Waals surface area contributed by atoms with Gasteiger partial charge in [0, 0.05) is 19.8 Å². The number of hydrogen-bond donors (Lipinski definition) is 0. The van der Waals surface area contributed by atoms with Crippen molar-refractivity contribution in [2.75, 3.05) is 13.6 Å². The molecule has 4 nitrogen and oxygen atoms in total. The Morgan fingerprint density at radius 1 is 1.53 bits per heavy atom. The minimum atomic E-state index is -0.102. The van der Waals surface area contributed by atoms with Crippen molar-refractivity contribution < 1.29 is 4.79 Å². The van der Waals surface area contributed by atoms with Gasteiger partial charge in [0.25, 0.3) is 5.91 Å². The fourth-order valence-electron chi connectivity index (χ4n) is 1.34. The number of hydrogen-bond acceptors (Lipinski definition) is 3. The lowest BCUT2D eigenvalue weighted by molar-refractivity contribution is 0.0783.